The molecule has 7 heteroatoms. The van der Waals surface area contributed by atoms with Gasteiger partial charge in [0.25, 0.3) is 0 Å². The molecule has 5 nitrogen and oxygen atoms in total. The van der Waals surface area contributed by atoms with Crippen molar-refractivity contribution in [3.05, 3.63) is 32.2 Å². The first-order valence-corrected chi connectivity index (χ1v) is 8.67. The van der Waals surface area contributed by atoms with Crippen molar-refractivity contribution in [3.8, 4) is 0 Å². The summed E-state index contributed by atoms with van der Waals surface area (Å²) >= 11 is 3.27. The summed E-state index contributed by atoms with van der Waals surface area (Å²) in [5.41, 5.74) is 1.94. The van der Waals surface area contributed by atoms with Crippen molar-refractivity contribution < 1.29 is 4.79 Å². The van der Waals surface area contributed by atoms with Gasteiger partial charge in [0.1, 0.15) is 0 Å². The van der Waals surface area contributed by atoms with Crippen LogP contribution in [0.5, 0.6) is 0 Å². The van der Waals surface area contributed by atoms with E-state index in [1.165, 1.54) is 0 Å². The molecule has 2 rings (SSSR count). The van der Waals surface area contributed by atoms with Gasteiger partial charge in [0, 0.05) is 29.6 Å². The van der Waals surface area contributed by atoms with Gasteiger partial charge in [0.2, 0.25) is 0 Å². The molecular weight excluding hydrogens is 304 g/mol. The molecule has 0 aliphatic carbocycles. The quantitative estimate of drug-likeness (QED) is 0.858. The molecule has 21 heavy (non-hydrogen) atoms. The van der Waals surface area contributed by atoms with Crippen molar-refractivity contribution in [2.45, 2.75) is 39.7 Å². The van der Waals surface area contributed by atoms with Crippen LogP contribution in [-0.2, 0) is 13.0 Å². The number of carbonyl (C=O) groups is 1. The van der Waals surface area contributed by atoms with Crippen LogP contribution in [0.3, 0.4) is 0 Å². The molecule has 0 aliphatic heterocycles. The van der Waals surface area contributed by atoms with Crippen LogP contribution in [0.25, 0.3) is 0 Å². The number of rotatable bonds is 6. The molecule has 0 fully saturated rings. The van der Waals surface area contributed by atoms with Crippen LogP contribution in [0.1, 0.15) is 41.2 Å². The van der Waals surface area contributed by atoms with E-state index in [4.69, 9.17) is 0 Å². The van der Waals surface area contributed by atoms with Crippen molar-refractivity contribution >= 4 is 28.7 Å². The second-order valence-corrected chi connectivity index (χ2v) is 7.00. The Hall–Kier alpha value is -1.47. The van der Waals surface area contributed by atoms with Gasteiger partial charge < -0.3 is 10.6 Å². The number of thiazole rings is 2. The highest BCUT2D eigenvalue weighted by Gasteiger charge is 2.06. The standard InChI is InChI=1S/C14H20N4OS2/c1-9(2)13-18-11(7-21-13)4-5-15-14(19)16-6-12-8-20-10(3)17-12/h7-9H,4-6H2,1-3H3,(H2,15,16,19). The lowest BCUT2D eigenvalue weighted by atomic mass is 10.2. The third-order valence-corrected chi connectivity index (χ3v) is 4.84. The van der Waals surface area contributed by atoms with E-state index in [0.29, 0.717) is 19.0 Å². The third kappa shape index (κ3) is 5.09. The summed E-state index contributed by atoms with van der Waals surface area (Å²) in [6.45, 7) is 7.27. The first-order chi connectivity index (χ1) is 10.0. The number of carbonyl (C=O) groups excluding carboxylic acids is 1. The third-order valence-electron chi connectivity index (χ3n) is 2.83. The predicted octanol–water partition coefficient (Wildman–Crippen LogP) is 3.07. The molecule has 0 atom stereocenters. The first kappa shape index (κ1) is 15.9. The van der Waals surface area contributed by atoms with Gasteiger partial charge in [0.15, 0.2) is 0 Å². The Bertz CT molecular complexity index is 591. The predicted molar refractivity (Wildman–Crippen MR) is 87.0 cm³/mol. The fourth-order valence-corrected chi connectivity index (χ4v) is 3.21. The van der Waals surface area contributed by atoms with Gasteiger partial charge in [-0.15, -0.1) is 22.7 Å². The van der Waals surface area contributed by atoms with Gasteiger partial charge in [-0.25, -0.2) is 14.8 Å². The van der Waals surface area contributed by atoms with Crippen LogP contribution in [0.2, 0.25) is 0 Å². The molecule has 114 valence electrons. The van der Waals surface area contributed by atoms with E-state index in [0.717, 1.165) is 27.8 Å². The van der Waals surface area contributed by atoms with Gasteiger partial charge in [-0.1, -0.05) is 13.8 Å². The van der Waals surface area contributed by atoms with Crippen LogP contribution in [-0.4, -0.2) is 22.5 Å². The van der Waals surface area contributed by atoms with E-state index in [1.807, 2.05) is 12.3 Å². The Labute approximate surface area is 132 Å². The summed E-state index contributed by atoms with van der Waals surface area (Å²) in [7, 11) is 0. The number of aromatic nitrogens is 2. The minimum atomic E-state index is -0.167. The highest BCUT2D eigenvalue weighted by atomic mass is 32.1. The lowest BCUT2D eigenvalue weighted by Gasteiger charge is -2.05. The molecule has 0 aromatic carbocycles. The SMILES string of the molecule is Cc1nc(CNC(=O)NCCc2csc(C(C)C)n2)cs1. The Morgan fingerprint density at radius 1 is 1.19 bits per heavy atom. The van der Waals surface area contributed by atoms with Crippen molar-refractivity contribution in [2.24, 2.45) is 0 Å². The van der Waals surface area contributed by atoms with Crippen LogP contribution < -0.4 is 10.6 Å². The normalized spacial score (nSPS) is 10.9. The molecule has 0 unspecified atom stereocenters. The molecule has 0 bridgehead atoms. The smallest absolute Gasteiger partial charge is 0.315 e. The van der Waals surface area contributed by atoms with Crippen molar-refractivity contribution in [2.75, 3.05) is 6.54 Å². The number of nitrogens with one attached hydrogen (secondary N) is 2. The zero-order chi connectivity index (χ0) is 15.2. The van der Waals surface area contributed by atoms with Gasteiger partial charge in [-0.2, -0.15) is 0 Å². The maximum absolute atomic E-state index is 11.7. The fraction of sp³-hybridized carbons (Fsp3) is 0.500. The van der Waals surface area contributed by atoms with Gasteiger partial charge in [-0.3, -0.25) is 0 Å². The summed E-state index contributed by atoms with van der Waals surface area (Å²) in [5, 5.41) is 11.8. The zero-order valence-corrected chi connectivity index (χ0v) is 14.1. The maximum Gasteiger partial charge on any atom is 0.315 e. The number of hydrogen-bond acceptors (Lipinski definition) is 5. The molecule has 2 N–H and O–H groups in total. The molecule has 2 aromatic heterocycles. The molecule has 0 aliphatic rings. The molecular formula is C14H20N4OS2. The second kappa shape index (κ2) is 7.51. The topological polar surface area (TPSA) is 66.9 Å². The molecule has 2 aromatic rings. The lowest BCUT2D eigenvalue weighted by Crippen LogP contribution is -2.36. The molecule has 0 spiro atoms. The number of aryl methyl sites for hydroxylation is 1. The van der Waals surface area contributed by atoms with E-state index in [1.54, 1.807) is 22.7 Å². The molecule has 2 amide bonds. The monoisotopic (exact) mass is 324 g/mol. The number of nitrogens with zero attached hydrogens (tertiary/aromatic N) is 2. The maximum atomic E-state index is 11.7. The first-order valence-electron chi connectivity index (χ1n) is 6.91. The lowest BCUT2D eigenvalue weighted by molar-refractivity contribution is 0.240. The number of amides is 2. The Kier molecular flexibility index (Phi) is 5.69. The summed E-state index contributed by atoms with van der Waals surface area (Å²) in [5.74, 6) is 0.460. The van der Waals surface area contributed by atoms with Crippen LogP contribution in [0.15, 0.2) is 10.8 Å². The van der Waals surface area contributed by atoms with E-state index in [2.05, 4.69) is 39.8 Å². The van der Waals surface area contributed by atoms with Gasteiger partial charge in [0.05, 0.1) is 27.9 Å². The number of urea groups is 1. The largest absolute Gasteiger partial charge is 0.338 e. The molecule has 2 heterocycles. The molecule has 0 saturated carbocycles. The highest BCUT2D eigenvalue weighted by Crippen LogP contribution is 2.19. The van der Waals surface area contributed by atoms with E-state index in [9.17, 15) is 4.79 Å². The minimum Gasteiger partial charge on any atom is -0.338 e. The average Bonchev–Trinajstić information content (AvgIpc) is 3.05. The summed E-state index contributed by atoms with van der Waals surface area (Å²) in [6.07, 6.45) is 0.756. The minimum absolute atomic E-state index is 0.167. The highest BCUT2D eigenvalue weighted by molar-refractivity contribution is 7.09. The summed E-state index contributed by atoms with van der Waals surface area (Å²) < 4.78 is 0. The summed E-state index contributed by atoms with van der Waals surface area (Å²) in [6, 6.07) is -0.167. The second-order valence-electron chi connectivity index (χ2n) is 5.05. The Morgan fingerprint density at radius 3 is 2.57 bits per heavy atom. The Balaban J connectivity index is 1.66. The molecule has 0 radical (unpaired) electrons. The van der Waals surface area contributed by atoms with Crippen LogP contribution >= 0.6 is 22.7 Å². The fourth-order valence-electron chi connectivity index (χ4n) is 1.73. The van der Waals surface area contributed by atoms with E-state index >= 15 is 0 Å². The van der Waals surface area contributed by atoms with Gasteiger partial charge in [-0.05, 0) is 6.92 Å². The van der Waals surface area contributed by atoms with Crippen molar-refractivity contribution in [1.29, 1.82) is 0 Å². The average molecular weight is 324 g/mol. The molecule has 0 saturated heterocycles. The van der Waals surface area contributed by atoms with Gasteiger partial charge >= 0.3 is 6.03 Å². The van der Waals surface area contributed by atoms with Crippen LogP contribution in [0.4, 0.5) is 4.79 Å². The van der Waals surface area contributed by atoms with E-state index in [-0.39, 0.29) is 6.03 Å². The van der Waals surface area contributed by atoms with Crippen LogP contribution in [0, 0.1) is 6.92 Å². The summed E-state index contributed by atoms with van der Waals surface area (Å²) in [4.78, 5) is 20.5. The van der Waals surface area contributed by atoms with Crippen molar-refractivity contribution in [1.82, 2.24) is 20.6 Å². The zero-order valence-electron chi connectivity index (χ0n) is 12.5. The number of hydrogen-bond donors (Lipinski definition) is 2. The Morgan fingerprint density at radius 2 is 1.95 bits per heavy atom. The van der Waals surface area contributed by atoms with E-state index < -0.39 is 0 Å². The van der Waals surface area contributed by atoms with Crippen molar-refractivity contribution in [3.63, 3.8) is 0 Å².